The average Bonchev–Trinajstić information content (AvgIpc) is 2.12. The quantitative estimate of drug-likeness (QED) is 0.631. The molecule has 0 bridgehead atoms. The first-order chi connectivity index (χ1) is 6.41. The van der Waals surface area contributed by atoms with Gasteiger partial charge in [0.15, 0.2) is 0 Å². The molecule has 0 rings (SSSR count). The van der Waals surface area contributed by atoms with Crippen molar-refractivity contribution in [3.8, 4) is 0 Å². The average molecular weight is 197 g/mol. The molecule has 0 saturated carbocycles. The lowest BCUT2D eigenvalue weighted by atomic mass is 9.90. The summed E-state index contributed by atoms with van der Waals surface area (Å²) in [7, 11) is 0. The number of rotatable bonds is 6. The van der Waals surface area contributed by atoms with Gasteiger partial charge in [0.2, 0.25) is 0 Å². The fourth-order valence-electron chi connectivity index (χ4n) is 1.07. The molecule has 0 fully saturated rings. The molecule has 0 atom stereocenters. The molecular weight excluding hydrogens is 170 g/mol. The van der Waals surface area contributed by atoms with Crippen LogP contribution in [0.4, 0.5) is 0 Å². The summed E-state index contributed by atoms with van der Waals surface area (Å²) < 4.78 is 0. The number of hydrogen-bond donors (Lipinski definition) is 1. The van der Waals surface area contributed by atoms with Crippen LogP contribution in [-0.4, -0.2) is 6.54 Å². The van der Waals surface area contributed by atoms with Crippen LogP contribution < -0.4 is 5.32 Å². The van der Waals surface area contributed by atoms with Crippen LogP contribution in [-0.2, 0) is 0 Å². The lowest BCUT2D eigenvalue weighted by Crippen LogP contribution is -2.28. The van der Waals surface area contributed by atoms with E-state index in [1.54, 1.807) is 0 Å². The van der Waals surface area contributed by atoms with E-state index in [0.717, 1.165) is 13.0 Å². The molecule has 0 heterocycles. The summed E-state index contributed by atoms with van der Waals surface area (Å²) in [5, 5.41) is 3.49. The van der Waals surface area contributed by atoms with Crippen LogP contribution in [0.5, 0.6) is 0 Å². The highest BCUT2D eigenvalue weighted by Crippen LogP contribution is 2.19. The summed E-state index contributed by atoms with van der Waals surface area (Å²) in [6.45, 7) is 15.9. The molecule has 0 amide bonds. The third kappa shape index (κ3) is 5.85. The zero-order valence-corrected chi connectivity index (χ0v) is 10.4. The standard InChI is InChI=1S/C13H25N.H2/c1-7-12(9-11(3)4)14-10-13(5,6)8-2;/h7,14H,3,8-10H2,1-2,4-6H3;1H/b12-7-;. The van der Waals surface area contributed by atoms with E-state index in [1.807, 2.05) is 0 Å². The van der Waals surface area contributed by atoms with Gasteiger partial charge >= 0.3 is 0 Å². The Kier molecular flexibility index (Phi) is 5.59. The summed E-state index contributed by atoms with van der Waals surface area (Å²) in [4.78, 5) is 0. The second kappa shape index (κ2) is 5.90. The summed E-state index contributed by atoms with van der Waals surface area (Å²) >= 11 is 0. The predicted molar refractivity (Wildman–Crippen MR) is 67.4 cm³/mol. The highest BCUT2D eigenvalue weighted by molar-refractivity contribution is 5.09. The largest absolute Gasteiger partial charge is 0.388 e. The van der Waals surface area contributed by atoms with Gasteiger partial charge in [-0.15, -0.1) is 0 Å². The molecule has 0 radical (unpaired) electrons. The van der Waals surface area contributed by atoms with Crippen molar-refractivity contribution in [2.75, 3.05) is 6.54 Å². The molecule has 1 nitrogen and oxygen atoms in total. The molecule has 0 aromatic carbocycles. The molecule has 0 aromatic rings. The van der Waals surface area contributed by atoms with Crippen molar-refractivity contribution in [1.29, 1.82) is 0 Å². The fraction of sp³-hybridized carbons (Fsp3) is 0.692. The second-order valence-corrected chi connectivity index (χ2v) is 4.82. The summed E-state index contributed by atoms with van der Waals surface area (Å²) in [6.07, 6.45) is 4.31. The molecule has 0 saturated heterocycles. The normalized spacial score (nSPS) is 12.8. The Morgan fingerprint density at radius 1 is 1.50 bits per heavy atom. The Morgan fingerprint density at radius 2 is 2.07 bits per heavy atom. The van der Waals surface area contributed by atoms with Gasteiger partial charge in [0.1, 0.15) is 0 Å². The molecule has 1 heteroatoms. The summed E-state index contributed by atoms with van der Waals surface area (Å²) in [6, 6.07) is 0. The maximum atomic E-state index is 3.93. The molecule has 0 aliphatic heterocycles. The summed E-state index contributed by atoms with van der Waals surface area (Å²) in [5.74, 6) is 0. The third-order valence-corrected chi connectivity index (χ3v) is 2.59. The minimum Gasteiger partial charge on any atom is -0.388 e. The maximum Gasteiger partial charge on any atom is 0.0195 e. The van der Waals surface area contributed by atoms with Crippen LogP contribution in [0.25, 0.3) is 0 Å². The van der Waals surface area contributed by atoms with Gasteiger partial charge in [0.05, 0.1) is 0 Å². The topological polar surface area (TPSA) is 12.0 Å². The van der Waals surface area contributed by atoms with Crippen LogP contribution >= 0.6 is 0 Å². The van der Waals surface area contributed by atoms with Crippen molar-refractivity contribution in [1.82, 2.24) is 5.32 Å². The fourth-order valence-corrected chi connectivity index (χ4v) is 1.07. The van der Waals surface area contributed by atoms with Crippen LogP contribution in [0.2, 0.25) is 0 Å². The van der Waals surface area contributed by atoms with Crippen LogP contribution in [0.15, 0.2) is 23.9 Å². The van der Waals surface area contributed by atoms with Gasteiger partial charge in [-0.1, -0.05) is 39.0 Å². The highest BCUT2D eigenvalue weighted by atomic mass is 14.9. The van der Waals surface area contributed by atoms with E-state index in [1.165, 1.54) is 17.7 Å². The highest BCUT2D eigenvalue weighted by Gasteiger charge is 2.14. The van der Waals surface area contributed by atoms with E-state index < -0.39 is 0 Å². The number of nitrogens with one attached hydrogen (secondary N) is 1. The van der Waals surface area contributed by atoms with Crippen molar-refractivity contribution in [2.24, 2.45) is 5.41 Å². The van der Waals surface area contributed by atoms with Gasteiger partial charge in [-0.3, -0.25) is 0 Å². The van der Waals surface area contributed by atoms with Crippen LogP contribution in [0.3, 0.4) is 0 Å². The first-order valence-electron chi connectivity index (χ1n) is 5.44. The molecule has 0 aromatic heterocycles. The number of allylic oxidation sites excluding steroid dienone is 2. The Bertz CT molecular complexity index is 217. The molecule has 0 aliphatic carbocycles. The van der Waals surface area contributed by atoms with E-state index in [2.05, 4.69) is 52.6 Å². The van der Waals surface area contributed by atoms with E-state index >= 15 is 0 Å². The van der Waals surface area contributed by atoms with Gasteiger partial charge in [-0.25, -0.2) is 0 Å². The Hall–Kier alpha value is -0.720. The second-order valence-electron chi connectivity index (χ2n) is 4.82. The van der Waals surface area contributed by atoms with E-state index in [4.69, 9.17) is 0 Å². The van der Waals surface area contributed by atoms with E-state index in [-0.39, 0.29) is 1.43 Å². The van der Waals surface area contributed by atoms with Crippen LogP contribution in [0.1, 0.15) is 48.9 Å². The van der Waals surface area contributed by atoms with Gasteiger partial charge in [0.25, 0.3) is 0 Å². The molecule has 0 aliphatic rings. The zero-order chi connectivity index (χ0) is 11.2. The summed E-state index contributed by atoms with van der Waals surface area (Å²) in [5.41, 5.74) is 2.88. The lowest BCUT2D eigenvalue weighted by Gasteiger charge is -2.24. The molecule has 0 unspecified atom stereocenters. The first-order valence-corrected chi connectivity index (χ1v) is 5.44. The molecule has 0 spiro atoms. The van der Waals surface area contributed by atoms with E-state index in [9.17, 15) is 0 Å². The zero-order valence-electron chi connectivity index (χ0n) is 10.4. The van der Waals surface area contributed by atoms with Gasteiger partial charge in [-0.2, -0.15) is 0 Å². The SMILES string of the molecule is C=C(C)C/C(=C/C)NCC(C)(C)CC.[HH]. The minimum atomic E-state index is 0. The Balaban J connectivity index is 0. The third-order valence-electron chi connectivity index (χ3n) is 2.59. The molecule has 14 heavy (non-hydrogen) atoms. The van der Waals surface area contributed by atoms with Crippen LogP contribution in [0, 0.1) is 5.41 Å². The lowest BCUT2D eigenvalue weighted by molar-refractivity contribution is 0.339. The van der Waals surface area contributed by atoms with Crippen molar-refractivity contribution in [3.05, 3.63) is 23.9 Å². The predicted octanol–water partition coefficient (Wildman–Crippen LogP) is 4.13. The van der Waals surface area contributed by atoms with Crippen molar-refractivity contribution >= 4 is 0 Å². The molecule has 84 valence electrons. The van der Waals surface area contributed by atoms with Gasteiger partial charge < -0.3 is 5.32 Å². The van der Waals surface area contributed by atoms with Gasteiger partial charge in [-0.05, 0) is 25.7 Å². The molecule has 1 N–H and O–H groups in total. The van der Waals surface area contributed by atoms with Crippen molar-refractivity contribution in [2.45, 2.75) is 47.5 Å². The Labute approximate surface area is 90.8 Å². The maximum absolute atomic E-state index is 3.93. The Morgan fingerprint density at radius 3 is 2.43 bits per heavy atom. The first kappa shape index (κ1) is 13.3. The van der Waals surface area contributed by atoms with Gasteiger partial charge in [0, 0.05) is 20.1 Å². The number of hydrogen-bond acceptors (Lipinski definition) is 1. The molecular formula is C13H27N. The van der Waals surface area contributed by atoms with E-state index in [0.29, 0.717) is 5.41 Å². The van der Waals surface area contributed by atoms with Crippen molar-refractivity contribution in [3.63, 3.8) is 0 Å². The van der Waals surface area contributed by atoms with Crippen molar-refractivity contribution < 1.29 is 1.43 Å². The smallest absolute Gasteiger partial charge is 0.0195 e. The minimum absolute atomic E-state index is 0. The monoisotopic (exact) mass is 197 g/mol.